The molecule has 1 aromatic carbocycles. The normalized spacial score (nSPS) is 10.3. The number of aryl methyl sites for hydroxylation is 1. The maximum absolute atomic E-state index is 12.5. The second-order valence-corrected chi connectivity index (χ2v) is 6.08. The quantitative estimate of drug-likeness (QED) is 0.787. The van der Waals surface area contributed by atoms with Crippen LogP contribution in [0.5, 0.6) is 11.5 Å². The Bertz CT molecular complexity index is 597. The fourth-order valence-electron chi connectivity index (χ4n) is 1.71. The van der Waals surface area contributed by atoms with Gasteiger partial charge in [-0.25, -0.2) is 0 Å². The Morgan fingerprint density at radius 2 is 1.68 bits per heavy atom. The smallest absolute Gasteiger partial charge is 0.204 e. The summed E-state index contributed by atoms with van der Waals surface area (Å²) >= 11 is 4.88. The molecule has 0 spiro atoms. The minimum absolute atomic E-state index is 0.0397. The van der Waals surface area contributed by atoms with E-state index in [-0.39, 0.29) is 5.78 Å². The van der Waals surface area contributed by atoms with Gasteiger partial charge in [0, 0.05) is 21.0 Å². The molecule has 0 unspecified atom stereocenters. The Morgan fingerprint density at radius 1 is 1.11 bits per heavy atom. The number of hydrogen-bond acceptors (Lipinski definition) is 4. The molecular weight excluding hydrogens is 328 g/mol. The summed E-state index contributed by atoms with van der Waals surface area (Å²) in [5.41, 5.74) is 0.554. The molecule has 0 atom stereocenters. The number of carbonyl (C=O) groups is 1. The standard InChI is InChI=1S/C14H13BrO3S/c1-8-4-12(15)14(19-8)13(16)9-5-10(17-2)7-11(6-9)18-3/h4-7H,1-3H3. The maximum Gasteiger partial charge on any atom is 0.204 e. The van der Waals surface area contributed by atoms with Gasteiger partial charge >= 0.3 is 0 Å². The highest BCUT2D eigenvalue weighted by Crippen LogP contribution is 2.31. The maximum atomic E-state index is 12.5. The fourth-order valence-corrected chi connectivity index (χ4v) is 3.49. The first kappa shape index (κ1) is 14.1. The molecule has 0 radical (unpaired) electrons. The third-order valence-electron chi connectivity index (χ3n) is 2.63. The number of carbonyl (C=O) groups excluding carboxylic acids is 1. The van der Waals surface area contributed by atoms with Gasteiger partial charge in [-0.15, -0.1) is 11.3 Å². The Hall–Kier alpha value is -1.33. The number of benzene rings is 1. The van der Waals surface area contributed by atoms with Gasteiger partial charge in [-0.3, -0.25) is 4.79 Å². The second-order valence-electron chi connectivity index (χ2n) is 3.96. The van der Waals surface area contributed by atoms with E-state index in [0.29, 0.717) is 21.9 Å². The molecule has 19 heavy (non-hydrogen) atoms. The largest absolute Gasteiger partial charge is 0.497 e. The monoisotopic (exact) mass is 340 g/mol. The van der Waals surface area contributed by atoms with Crippen molar-refractivity contribution in [2.75, 3.05) is 14.2 Å². The van der Waals surface area contributed by atoms with Gasteiger partial charge in [0.05, 0.1) is 19.1 Å². The van der Waals surface area contributed by atoms with Crippen LogP contribution < -0.4 is 9.47 Å². The first-order valence-electron chi connectivity index (χ1n) is 5.59. The lowest BCUT2D eigenvalue weighted by molar-refractivity contribution is 0.104. The number of methoxy groups -OCH3 is 2. The van der Waals surface area contributed by atoms with Crippen molar-refractivity contribution in [3.63, 3.8) is 0 Å². The molecule has 1 aromatic heterocycles. The zero-order valence-electron chi connectivity index (χ0n) is 10.8. The van der Waals surface area contributed by atoms with Crippen LogP contribution in [0.4, 0.5) is 0 Å². The van der Waals surface area contributed by atoms with Crippen molar-refractivity contribution in [1.82, 2.24) is 0 Å². The van der Waals surface area contributed by atoms with E-state index < -0.39 is 0 Å². The summed E-state index contributed by atoms with van der Waals surface area (Å²) in [6, 6.07) is 7.11. The highest BCUT2D eigenvalue weighted by molar-refractivity contribution is 9.10. The molecule has 1 heterocycles. The van der Waals surface area contributed by atoms with E-state index in [2.05, 4.69) is 15.9 Å². The lowest BCUT2D eigenvalue weighted by Crippen LogP contribution is -2.01. The molecule has 0 aliphatic carbocycles. The molecule has 0 N–H and O–H groups in total. The highest BCUT2D eigenvalue weighted by Gasteiger charge is 2.17. The highest BCUT2D eigenvalue weighted by atomic mass is 79.9. The lowest BCUT2D eigenvalue weighted by atomic mass is 10.1. The van der Waals surface area contributed by atoms with E-state index in [0.717, 1.165) is 9.35 Å². The van der Waals surface area contributed by atoms with Gasteiger partial charge in [-0.2, -0.15) is 0 Å². The van der Waals surface area contributed by atoms with Crippen LogP contribution in [-0.4, -0.2) is 20.0 Å². The Balaban J connectivity index is 2.46. The van der Waals surface area contributed by atoms with Gasteiger partial charge in [0.25, 0.3) is 0 Å². The summed E-state index contributed by atoms with van der Waals surface area (Å²) in [7, 11) is 3.13. The average Bonchev–Trinajstić information content (AvgIpc) is 2.76. The SMILES string of the molecule is COc1cc(OC)cc(C(=O)c2sc(C)cc2Br)c1. The van der Waals surface area contributed by atoms with Gasteiger partial charge in [0.1, 0.15) is 11.5 Å². The molecule has 0 saturated heterocycles. The number of halogens is 1. The van der Waals surface area contributed by atoms with Gasteiger partial charge in [-0.05, 0) is 41.1 Å². The van der Waals surface area contributed by atoms with Crippen molar-refractivity contribution >= 4 is 33.0 Å². The summed E-state index contributed by atoms with van der Waals surface area (Å²) in [6.07, 6.45) is 0. The number of thiophene rings is 1. The van der Waals surface area contributed by atoms with E-state index in [1.807, 2.05) is 13.0 Å². The van der Waals surface area contributed by atoms with E-state index in [4.69, 9.17) is 9.47 Å². The molecule has 0 saturated carbocycles. The molecule has 0 bridgehead atoms. The third kappa shape index (κ3) is 2.98. The molecule has 5 heteroatoms. The Morgan fingerprint density at radius 3 is 2.11 bits per heavy atom. The first-order valence-corrected chi connectivity index (χ1v) is 7.19. The molecule has 2 rings (SSSR count). The van der Waals surface area contributed by atoms with Gasteiger partial charge in [0.15, 0.2) is 0 Å². The molecule has 0 aliphatic heterocycles. The Labute approximate surface area is 124 Å². The van der Waals surface area contributed by atoms with Crippen LogP contribution in [0, 0.1) is 6.92 Å². The fraction of sp³-hybridized carbons (Fsp3) is 0.214. The van der Waals surface area contributed by atoms with Crippen LogP contribution >= 0.6 is 27.3 Å². The zero-order valence-corrected chi connectivity index (χ0v) is 13.2. The third-order valence-corrected chi connectivity index (χ3v) is 4.57. The first-order chi connectivity index (χ1) is 9.05. The molecule has 100 valence electrons. The van der Waals surface area contributed by atoms with Gasteiger partial charge in [0.2, 0.25) is 5.78 Å². The number of ether oxygens (including phenoxy) is 2. The summed E-state index contributed by atoms with van der Waals surface area (Å²) in [5.74, 6) is 1.17. The molecule has 0 amide bonds. The van der Waals surface area contributed by atoms with Crippen LogP contribution in [-0.2, 0) is 0 Å². The summed E-state index contributed by atoms with van der Waals surface area (Å²) in [4.78, 5) is 14.3. The number of ketones is 1. The molecule has 3 nitrogen and oxygen atoms in total. The summed E-state index contributed by atoms with van der Waals surface area (Å²) < 4.78 is 11.2. The predicted octanol–water partition coefficient (Wildman–Crippen LogP) is 4.07. The zero-order chi connectivity index (χ0) is 14.0. The van der Waals surface area contributed by atoms with E-state index in [1.165, 1.54) is 11.3 Å². The van der Waals surface area contributed by atoms with Gasteiger partial charge < -0.3 is 9.47 Å². The molecular formula is C14H13BrO3S. The van der Waals surface area contributed by atoms with Crippen LogP contribution in [0.3, 0.4) is 0 Å². The van der Waals surface area contributed by atoms with Crippen LogP contribution in [0.25, 0.3) is 0 Å². The van der Waals surface area contributed by atoms with Crippen molar-refractivity contribution in [3.8, 4) is 11.5 Å². The summed E-state index contributed by atoms with van der Waals surface area (Å²) in [5, 5.41) is 0. The molecule has 0 fully saturated rings. The molecule has 2 aromatic rings. The molecule has 0 aliphatic rings. The number of rotatable bonds is 4. The van der Waals surface area contributed by atoms with E-state index in [9.17, 15) is 4.79 Å². The lowest BCUT2D eigenvalue weighted by Gasteiger charge is -2.07. The minimum Gasteiger partial charge on any atom is -0.497 e. The van der Waals surface area contributed by atoms with Gasteiger partial charge in [-0.1, -0.05) is 0 Å². The topological polar surface area (TPSA) is 35.5 Å². The van der Waals surface area contributed by atoms with Crippen molar-refractivity contribution < 1.29 is 14.3 Å². The average molecular weight is 341 g/mol. The minimum atomic E-state index is -0.0397. The van der Waals surface area contributed by atoms with Crippen molar-refractivity contribution in [2.24, 2.45) is 0 Å². The van der Waals surface area contributed by atoms with E-state index in [1.54, 1.807) is 32.4 Å². The van der Waals surface area contributed by atoms with E-state index >= 15 is 0 Å². The van der Waals surface area contributed by atoms with Crippen molar-refractivity contribution in [1.29, 1.82) is 0 Å². The van der Waals surface area contributed by atoms with Crippen molar-refractivity contribution in [3.05, 3.63) is 44.1 Å². The van der Waals surface area contributed by atoms with Crippen LogP contribution in [0.2, 0.25) is 0 Å². The Kier molecular flexibility index (Phi) is 4.27. The van der Waals surface area contributed by atoms with Crippen molar-refractivity contribution in [2.45, 2.75) is 6.92 Å². The second kappa shape index (κ2) is 5.75. The number of hydrogen-bond donors (Lipinski definition) is 0. The summed E-state index contributed by atoms with van der Waals surface area (Å²) in [6.45, 7) is 1.97. The van der Waals surface area contributed by atoms with Crippen LogP contribution in [0.15, 0.2) is 28.7 Å². The van der Waals surface area contributed by atoms with Crippen LogP contribution in [0.1, 0.15) is 20.1 Å². The predicted molar refractivity (Wildman–Crippen MR) is 79.7 cm³/mol.